The highest BCUT2D eigenvalue weighted by Crippen LogP contribution is 2.36. The monoisotopic (exact) mass is 400 g/mol. The lowest BCUT2D eigenvalue weighted by atomic mass is 10.1. The Bertz CT molecular complexity index is 776. The Hall–Kier alpha value is -1.96. The van der Waals surface area contributed by atoms with Crippen molar-refractivity contribution >= 4 is 0 Å². The number of ether oxygens (including phenoxy) is 6. The zero-order valence-corrected chi connectivity index (χ0v) is 17.1. The van der Waals surface area contributed by atoms with Crippen LogP contribution in [0.2, 0.25) is 0 Å². The summed E-state index contributed by atoms with van der Waals surface area (Å²) in [6.45, 7) is 5.08. The normalized spacial score (nSPS) is 28.1. The van der Waals surface area contributed by atoms with Crippen LogP contribution in [0, 0.1) is 0 Å². The molecule has 2 aromatic carbocycles. The Morgan fingerprint density at radius 2 is 1.59 bits per heavy atom. The molecule has 0 spiro atoms. The van der Waals surface area contributed by atoms with Crippen LogP contribution in [-0.2, 0) is 36.9 Å². The summed E-state index contributed by atoms with van der Waals surface area (Å²) in [6, 6.07) is 17.8. The molecule has 6 heteroatoms. The molecule has 2 aliphatic rings. The van der Waals surface area contributed by atoms with Gasteiger partial charge in [0.1, 0.15) is 24.1 Å². The van der Waals surface area contributed by atoms with E-state index in [9.17, 15) is 0 Å². The van der Waals surface area contributed by atoms with Crippen LogP contribution >= 0.6 is 0 Å². The molecule has 0 bridgehead atoms. The van der Waals surface area contributed by atoms with Gasteiger partial charge in [-0.25, -0.2) is 0 Å². The number of benzene rings is 2. The topological polar surface area (TPSA) is 55.4 Å². The van der Waals surface area contributed by atoms with Crippen LogP contribution in [0.15, 0.2) is 54.6 Å². The van der Waals surface area contributed by atoms with Gasteiger partial charge in [-0.3, -0.25) is 0 Å². The summed E-state index contributed by atoms with van der Waals surface area (Å²) in [6.07, 6.45) is -1.37. The molecule has 0 amide bonds. The lowest BCUT2D eigenvalue weighted by molar-refractivity contribution is -0.270. The molecule has 2 aliphatic heterocycles. The van der Waals surface area contributed by atoms with Crippen molar-refractivity contribution in [1.82, 2.24) is 0 Å². The Balaban J connectivity index is 1.45. The predicted molar refractivity (Wildman–Crippen MR) is 106 cm³/mol. The largest absolute Gasteiger partial charge is 0.497 e. The van der Waals surface area contributed by atoms with E-state index in [1.54, 1.807) is 7.11 Å². The van der Waals surface area contributed by atoms with E-state index in [0.29, 0.717) is 19.8 Å². The molecule has 156 valence electrons. The third-order valence-electron chi connectivity index (χ3n) is 5.10. The fourth-order valence-corrected chi connectivity index (χ4v) is 3.69. The van der Waals surface area contributed by atoms with Crippen LogP contribution in [0.4, 0.5) is 0 Å². The maximum atomic E-state index is 6.26. The lowest BCUT2D eigenvalue weighted by Gasteiger charge is -2.37. The quantitative estimate of drug-likeness (QED) is 0.707. The van der Waals surface area contributed by atoms with Gasteiger partial charge in [0.25, 0.3) is 0 Å². The van der Waals surface area contributed by atoms with Crippen molar-refractivity contribution in [3.63, 3.8) is 0 Å². The van der Waals surface area contributed by atoms with Gasteiger partial charge in [-0.1, -0.05) is 42.5 Å². The Morgan fingerprint density at radius 3 is 2.31 bits per heavy atom. The predicted octanol–water partition coefficient (Wildman–Crippen LogP) is 3.67. The van der Waals surface area contributed by atoms with Gasteiger partial charge in [0.05, 0.1) is 26.9 Å². The standard InChI is InChI=1S/C23H28O6/c1-23(2)28-19-15-27-22(26-14-16-7-5-4-6-8-16)21(20(19)29-23)25-13-17-9-11-18(24-3)12-10-17/h4-12,19-22H,13-15H2,1-3H3/t19-,20-,21+,22-/m1/s1. The van der Waals surface area contributed by atoms with Gasteiger partial charge >= 0.3 is 0 Å². The van der Waals surface area contributed by atoms with Crippen LogP contribution in [0.3, 0.4) is 0 Å². The van der Waals surface area contributed by atoms with E-state index in [0.717, 1.165) is 16.9 Å². The molecule has 2 aromatic rings. The third-order valence-corrected chi connectivity index (χ3v) is 5.10. The zero-order valence-electron chi connectivity index (χ0n) is 17.1. The SMILES string of the molecule is COc1ccc(CO[C@@H]2[C@H](OCc3ccccc3)OC[C@H]3OC(C)(C)O[C@@H]23)cc1. The first-order valence-corrected chi connectivity index (χ1v) is 9.91. The van der Waals surface area contributed by atoms with Crippen molar-refractivity contribution in [1.29, 1.82) is 0 Å². The number of methoxy groups -OCH3 is 1. The van der Waals surface area contributed by atoms with Crippen LogP contribution < -0.4 is 4.74 Å². The van der Waals surface area contributed by atoms with Crippen LogP contribution in [-0.4, -0.2) is 44.1 Å². The lowest BCUT2D eigenvalue weighted by Crippen LogP contribution is -2.53. The van der Waals surface area contributed by atoms with Crippen LogP contribution in [0.5, 0.6) is 5.75 Å². The molecule has 29 heavy (non-hydrogen) atoms. The van der Waals surface area contributed by atoms with Crippen molar-refractivity contribution in [3.05, 3.63) is 65.7 Å². The minimum atomic E-state index is -0.672. The average Bonchev–Trinajstić information content (AvgIpc) is 3.06. The number of rotatable bonds is 7. The molecule has 0 unspecified atom stereocenters. The van der Waals surface area contributed by atoms with Crippen LogP contribution in [0.1, 0.15) is 25.0 Å². The fourth-order valence-electron chi connectivity index (χ4n) is 3.69. The van der Waals surface area contributed by atoms with Crippen molar-refractivity contribution < 1.29 is 28.4 Å². The van der Waals surface area contributed by atoms with E-state index >= 15 is 0 Å². The summed E-state index contributed by atoms with van der Waals surface area (Å²) in [4.78, 5) is 0. The summed E-state index contributed by atoms with van der Waals surface area (Å²) >= 11 is 0. The highest BCUT2D eigenvalue weighted by atomic mass is 16.8. The summed E-state index contributed by atoms with van der Waals surface area (Å²) in [5.41, 5.74) is 2.11. The van der Waals surface area contributed by atoms with E-state index in [1.807, 2.05) is 68.4 Å². The molecule has 6 nitrogen and oxygen atoms in total. The van der Waals surface area contributed by atoms with Gasteiger partial charge in [-0.15, -0.1) is 0 Å². The van der Waals surface area contributed by atoms with E-state index in [1.165, 1.54) is 0 Å². The summed E-state index contributed by atoms with van der Waals surface area (Å²) in [7, 11) is 1.65. The molecular formula is C23H28O6. The first kappa shape index (κ1) is 20.3. The maximum Gasteiger partial charge on any atom is 0.186 e. The molecule has 4 atom stereocenters. The van der Waals surface area contributed by atoms with Crippen molar-refractivity contribution in [2.75, 3.05) is 13.7 Å². The molecule has 4 rings (SSSR count). The minimum Gasteiger partial charge on any atom is -0.497 e. The summed E-state index contributed by atoms with van der Waals surface area (Å²) < 4.78 is 35.6. The average molecular weight is 400 g/mol. The number of hydrogen-bond donors (Lipinski definition) is 0. The molecule has 2 saturated heterocycles. The van der Waals surface area contributed by atoms with Gasteiger partial charge in [-0.05, 0) is 37.1 Å². The van der Waals surface area contributed by atoms with Gasteiger partial charge in [0.2, 0.25) is 0 Å². The first-order chi connectivity index (χ1) is 14.0. The summed E-state index contributed by atoms with van der Waals surface area (Å²) in [5.74, 6) is 0.141. The minimum absolute atomic E-state index is 0.178. The molecular weight excluding hydrogens is 372 g/mol. The molecule has 2 heterocycles. The number of fused-ring (bicyclic) bond motifs is 1. The van der Waals surface area contributed by atoms with E-state index in [4.69, 9.17) is 28.4 Å². The zero-order chi connectivity index (χ0) is 20.3. The highest BCUT2D eigenvalue weighted by Gasteiger charge is 2.52. The van der Waals surface area contributed by atoms with Gasteiger partial charge in [0, 0.05) is 0 Å². The first-order valence-electron chi connectivity index (χ1n) is 9.91. The maximum absolute atomic E-state index is 6.26. The Labute approximate surface area is 171 Å². The van der Waals surface area contributed by atoms with Crippen molar-refractivity contribution in [3.8, 4) is 5.75 Å². The van der Waals surface area contributed by atoms with Gasteiger partial charge in [0.15, 0.2) is 12.1 Å². The molecule has 0 aromatic heterocycles. The number of hydrogen-bond acceptors (Lipinski definition) is 6. The van der Waals surface area contributed by atoms with E-state index < -0.39 is 18.2 Å². The van der Waals surface area contributed by atoms with Crippen molar-refractivity contribution in [2.45, 2.75) is 57.5 Å². The molecule has 0 aliphatic carbocycles. The Kier molecular flexibility index (Phi) is 6.18. The smallest absolute Gasteiger partial charge is 0.186 e. The molecule has 0 radical (unpaired) electrons. The van der Waals surface area contributed by atoms with E-state index in [2.05, 4.69) is 0 Å². The van der Waals surface area contributed by atoms with Gasteiger partial charge < -0.3 is 28.4 Å². The van der Waals surface area contributed by atoms with Crippen molar-refractivity contribution in [2.24, 2.45) is 0 Å². The second-order valence-corrected chi connectivity index (χ2v) is 7.76. The molecule has 0 saturated carbocycles. The Morgan fingerprint density at radius 1 is 0.897 bits per heavy atom. The second-order valence-electron chi connectivity index (χ2n) is 7.76. The van der Waals surface area contributed by atoms with E-state index in [-0.39, 0.29) is 12.2 Å². The van der Waals surface area contributed by atoms with Gasteiger partial charge in [-0.2, -0.15) is 0 Å². The summed E-state index contributed by atoms with van der Waals surface area (Å²) in [5, 5.41) is 0. The third kappa shape index (κ3) is 4.97. The highest BCUT2D eigenvalue weighted by molar-refractivity contribution is 5.26. The molecule has 2 fully saturated rings. The second kappa shape index (κ2) is 8.81. The fraction of sp³-hybridized carbons (Fsp3) is 0.478. The molecule has 0 N–H and O–H groups in total. The van der Waals surface area contributed by atoms with Crippen LogP contribution in [0.25, 0.3) is 0 Å².